The number of piperidine rings is 1. The number of hydroxylamine groups is 2. The summed E-state index contributed by atoms with van der Waals surface area (Å²) in [6.45, 7) is 15.3. The molecule has 0 aromatic heterocycles. The van der Waals surface area contributed by atoms with Crippen molar-refractivity contribution in [1.29, 1.82) is 0 Å². The van der Waals surface area contributed by atoms with Crippen molar-refractivity contribution in [2.75, 3.05) is 19.8 Å². The molecule has 180 valence electrons. The molecule has 6 heteroatoms. The Balaban J connectivity index is 1.39. The van der Waals surface area contributed by atoms with Gasteiger partial charge in [-0.1, -0.05) is 26.0 Å². The molecule has 1 aromatic rings. The Morgan fingerprint density at radius 3 is 2.19 bits per heavy atom. The minimum Gasteiger partial charge on any atom is -0.491 e. The summed E-state index contributed by atoms with van der Waals surface area (Å²) in [5.41, 5.74) is 0.931. The maximum absolute atomic E-state index is 6.55. The standard InChI is InChI=1S/C26H41NO5/c1-7-25(8-2)18-26(31-19(3)20(4)32-26)17-24(5,6)27(25)30-14-13-21-9-11-22(12-10-21)28-15-23-16-29-23/h9-12,19-20,23H,7-8,13-18H2,1-6H3. The second kappa shape index (κ2) is 9.22. The van der Waals surface area contributed by atoms with Gasteiger partial charge in [-0.3, -0.25) is 4.84 Å². The molecule has 0 N–H and O–H groups in total. The van der Waals surface area contributed by atoms with Crippen LogP contribution in [0.4, 0.5) is 0 Å². The van der Waals surface area contributed by atoms with E-state index in [1.807, 2.05) is 12.1 Å². The molecule has 0 bridgehead atoms. The summed E-state index contributed by atoms with van der Waals surface area (Å²) in [6, 6.07) is 8.31. The largest absolute Gasteiger partial charge is 0.491 e. The van der Waals surface area contributed by atoms with Crippen LogP contribution in [0.5, 0.6) is 5.75 Å². The normalized spacial score (nSPS) is 33.5. The van der Waals surface area contributed by atoms with Gasteiger partial charge >= 0.3 is 0 Å². The summed E-state index contributed by atoms with van der Waals surface area (Å²) in [4.78, 5) is 6.55. The summed E-state index contributed by atoms with van der Waals surface area (Å²) in [5, 5.41) is 2.28. The van der Waals surface area contributed by atoms with E-state index in [-0.39, 0.29) is 29.4 Å². The molecular formula is C26H41NO5. The lowest BCUT2D eigenvalue weighted by Crippen LogP contribution is -2.67. The lowest BCUT2D eigenvalue weighted by Gasteiger charge is -2.58. The van der Waals surface area contributed by atoms with Crippen molar-refractivity contribution in [3.05, 3.63) is 29.8 Å². The van der Waals surface area contributed by atoms with Crippen LogP contribution in [0.3, 0.4) is 0 Å². The van der Waals surface area contributed by atoms with E-state index in [1.54, 1.807) is 0 Å². The molecule has 0 amide bonds. The molecule has 3 aliphatic heterocycles. The van der Waals surface area contributed by atoms with Crippen molar-refractivity contribution in [3.63, 3.8) is 0 Å². The van der Waals surface area contributed by atoms with Crippen molar-refractivity contribution in [1.82, 2.24) is 5.06 Å². The summed E-state index contributed by atoms with van der Waals surface area (Å²) in [6.07, 6.45) is 4.98. The Hall–Kier alpha value is -1.18. The van der Waals surface area contributed by atoms with Gasteiger partial charge in [-0.15, -0.1) is 0 Å². The number of hydrogen-bond donors (Lipinski definition) is 0. The number of benzene rings is 1. The molecule has 1 aromatic carbocycles. The second-order valence-electron chi connectivity index (χ2n) is 10.4. The van der Waals surface area contributed by atoms with Crippen LogP contribution >= 0.6 is 0 Å². The highest BCUT2D eigenvalue weighted by molar-refractivity contribution is 5.27. The summed E-state index contributed by atoms with van der Waals surface area (Å²) >= 11 is 0. The zero-order chi connectivity index (χ0) is 23.0. The molecular weight excluding hydrogens is 406 g/mol. The Labute approximate surface area is 193 Å². The highest BCUT2D eigenvalue weighted by atomic mass is 16.8. The number of ether oxygens (including phenoxy) is 4. The summed E-state index contributed by atoms with van der Waals surface area (Å²) in [7, 11) is 0. The highest BCUT2D eigenvalue weighted by Crippen LogP contribution is 2.52. The molecule has 4 rings (SSSR count). The van der Waals surface area contributed by atoms with E-state index >= 15 is 0 Å². The van der Waals surface area contributed by atoms with Gasteiger partial charge in [0.15, 0.2) is 5.79 Å². The first kappa shape index (κ1) is 24.0. The van der Waals surface area contributed by atoms with Crippen LogP contribution in [0.1, 0.15) is 72.8 Å². The summed E-state index contributed by atoms with van der Waals surface area (Å²) in [5.74, 6) is 0.374. The number of nitrogens with zero attached hydrogens (tertiary/aromatic N) is 1. The Morgan fingerprint density at radius 2 is 1.62 bits per heavy atom. The van der Waals surface area contributed by atoms with Crippen molar-refractivity contribution in [2.45, 2.75) is 109 Å². The van der Waals surface area contributed by atoms with E-state index in [1.165, 1.54) is 5.56 Å². The average Bonchev–Trinajstić information content (AvgIpc) is 3.54. The van der Waals surface area contributed by atoms with Crippen molar-refractivity contribution >= 4 is 0 Å². The van der Waals surface area contributed by atoms with Crippen molar-refractivity contribution < 1.29 is 23.8 Å². The monoisotopic (exact) mass is 447 g/mol. The van der Waals surface area contributed by atoms with E-state index < -0.39 is 5.79 Å². The molecule has 3 aliphatic rings. The molecule has 3 saturated heterocycles. The smallest absolute Gasteiger partial charge is 0.172 e. The van der Waals surface area contributed by atoms with Crippen LogP contribution in [-0.4, -0.2) is 60.1 Å². The van der Waals surface area contributed by atoms with Gasteiger partial charge in [-0.2, -0.15) is 5.06 Å². The van der Waals surface area contributed by atoms with Gasteiger partial charge in [0.05, 0.1) is 31.0 Å². The van der Waals surface area contributed by atoms with Crippen LogP contribution in [0, 0.1) is 0 Å². The van der Waals surface area contributed by atoms with Crippen LogP contribution in [0.15, 0.2) is 24.3 Å². The zero-order valence-corrected chi connectivity index (χ0v) is 20.7. The van der Waals surface area contributed by atoms with Gasteiger partial charge in [-0.05, 0) is 64.7 Å². The average molecular weight is 448 g/mol. The Morgan fingerprint density at radius 1 is 1.00 bits per heavy atom. The van der Waals surface area contributed by atoms with Crippen molar-refractivity contribution in [2.24, 2.45) is 0 Å². The molecule has 6 nitrogen and oxygen atoms in total. The fourth-order valence-electron chi connectivity index (χ4n) is 5.53. The Bertz CT molecular complexity index is 746. The second-order valence-corrected chi connectivity index (χ2v) is 10.4. The fourth-order valence-corrected chi connectivity index (χ4v) is 5.53. The molecule has 0 saturated carbocycles. The molecule has 1 spiro atoms. The van der Waals surface area contributed by atoms with Crippen LogP contribution in [0.25, 0.3) is 0 Å². The molecule has 3 fully saturated rings. The quantitative estimate of drug-likeness (QED) is 0.502. The predicted octanol–water partition coefficient (Wildman–Crippen LogP) is 4.89. The predicted molar refractivity (Wildman–Crippen MR) is 124 cm³/mol. The van der Waals surface area contributed by atoms with Gasteiger partial charge < -0.3 is 18.9 Å². The summed E-state index contributed by atoms with van der Waals surface area (Å²) < 4.78 is 23.8. The molecule has 3 heterocycles. The minimum absolute atomic E-state index is 0.117. The topological polar surface area (TPSA) is 52.7 Å². The molecule has 3 atom stereocenters. The van der Waals surface area contributed by atoms with Crippen LogP contribution in [-0.2, 0) is 25.5 Å². The lowest BCUT2D eigenvalue weighted by molar-refractivity contribution is -0.347. The molecule has 0 radical (unpaired) electrons. The van der Waals surface area contributed by atoms with Gasteiger partial charge in [0.1, 0.15) is 18.5 Å². The molecule has 32 heavy (non-hydrogen) atoms. The van der Waals surface area contributed by atoms with Gasteiger partial charge in [-0.25, -0.2) is 0 Å². The van der Waals surface area contributed by atoms with E-state index in [9.17, 15) is 0 Å². The maximum Gasteiger partial charge on any atom is 0.172 e. The highest BCUT2D eigenvalue weighted by Gasteiger charge is 2.60. The van der Waals surface area contributed by atoms with E-state index in [0.29, 0.717) is 13.2 Å². The molecule has 0 aliphatic carbocycles. The number of rotatable bonds is 9. The van der Waals surface area contributed by atoms with Gasteiger partial charge in [0, 0.05) is 18.4 Å². The Kier molecular flexibility index (Phi) is 6.91. The lowest BCUT2D eigenvalue weighted by atomic mass is 9.73. The van der Waals surface area contributed by atoms with E-state index in [4.69, 9.17) is 23.8 Å². The third kappa shape index (κ3) is 5.00. The first-order valence-electron chi connectivity index (χ1n) is 12.3. The third-order valence-electron chi connectivity index (χ3n) is 7.43. The van der Waals surface area contributed by atoms with Crippen LogP contribution in [0.2, 0.25) is 0 Å². The van der Waals surface area contributed by atoms with Crippen LogP contribution < -0.4 is 4.74 Å². The fraction of sp³-hybridized carbons (Fsp3) is 0.769. The van der Waals surface area contributed by atoms with Crippen molar-refractivity contribution in [3.8, 4) is 5.75 Å². The SMILES string of the molecule is CCC1(CC)CC2(CC(C)(C)N1OCCc1ccc(OCC3CO3)cc1)OC(C)C(C)O2. The van der Waals surface area contributed by atoms with E-state index in [2.05, 4.69) is 58.7 Å². The minimum atomic E-state index is -0.518. The molecule has 3 unspecified atom stereocenters. The first-order valence-corrected chi connectivity index (χ1v) is 12.3. The maximum atomic E-state index is 6.55. The zero-order valence-electron chi connectivity index (χ0n) is 20.7. The number of hydrogen-bond acceptors (Lipinski definition) is 6. The third-order valence-corrected chi connectivity index (χ3v) is 7.43. The van der Waals surface area contributed by atoms with E-state index in [0.717, 1.165) is 44.5 Å². The number of epoxide rings is 1. The first-order chi connectivity index (χ1) is 15.2. The van der Waals surface area contributed by atoms with Gasteiger partial charge in [0.2, 0.25) is 0 Å². The van der Waals surface area contributed by atoms with Gasteiger partial charge in [0.25, 0.3) is 0 Å².